The van der Waals surface area contributed by atoms with Crippen molar-refractivity contribution in [1.29, 1.82) is 0 Å². The molecule has 1 fully saturated rings. The molecule has 4 nitrogen and oxygen atoms in total. The Morgan fingerprint density at radius 1 is 1.23 bits per heavy atom. The monoisotopic (exact) mass is 362 g/mol. The molecule has 26 heavy (non-hydrogen) atoms. The molecular weight excluding hydrogens is 334 g/mol. The van der Waals surface area contributed by atoms with Crippen LogP contribution in [0.1, 0.15) is 49.8 Å². The Balaban J connectivity index is 1.91. The first-order chi connectivity index (χ1) is 12.3. The van der Waals surface area contributed by atoms with Gasteiger partial charge in [-0.05, 0) is 44.6 Å². The number of benzene rings is 1. The fourth-order valence-electron chi connectivity index (χ4n) is 3.31. The molecule has 2 unspecified atom stereocenters. The van der Waals surface area contributed by atoms with Gasteiger partial charge in [-0.3, -0.25) is 0 Å². The molecule has 2 atom stereocenters. The third-order valence-electron chi connectivity index (χ3n) is 5.27. The zero-order valence-electron chi connectivity index (χ0n) is 16.0. The summed E-state index contributed by atoms with van der Waals surface area (Å²) in [6, 6.07) is 8.20. The summed E-state index contributed by atoms with van der Waals surface area (Å²) < 4.78 is 28.6. The van der Waals surface area contributed by atoms with Crippen LogP contribution in [0.15, 0.2) is 24.3 Å². The van der Waals surface area contributed by atoms with Gasteiger partial charge in [0.2, 0.25) is 6.43 Å². The minimum absolute atomic E-state index is 0.238. The van der Waals surface area contributed by atoms with Crippen LogP contribution in [0.4, 0.5) is 8.78 Å². The van der Waals surface area contributed by atoms with E-state index in [4.69, 9.17) is 0 Å². The highest BCUT2D eigenvalue weighted by molar-refractivity contribution is 5.37. The Labute approximate surface area is 154 Å². The average Bonchev–Trinajstić information content (AvgIpc) is 3.12. The Kier molecular flexibility index (Phi) is 5.42. The van der Waals surface area contributed by atoms with Crippen LogP contribution >= 0.6 is 0 Å². The van der Waals surface area contributed by atoms with Gasteiger partial charge < -0.3 is 4.90 Å². The fourth-order valence-corrected chi connectivity index (χ4v) is 3.31. The molecule has 1 saturated carbocycles. The van der Waals surface area contributed by atoms with E-state index in [0.717, 1.165) is 30.9 Å². The third-order valence-corrected chi connectivity index (χ3v) is 5.27. The minimum Gasteiger partial charge on any atom is -0.309 e. The predicted octanol–water partition coefficient (Wildman–Crippen LogP) is 4.08. The summed E-state index contributed by atoms with van der Waals surface area (Å²) in [4.78, 5) is 6.72. The van der Waals surface area contributed by atoms with Gasteiger partial charge in [-0.1, -0.05) is 32.4 Å². The van der Waals surface area contributed by atoms with Crippen molar-refractivity contribution in [3.05, 3.63) is 41.5 Å². The van der Waals surface area contributed by atoms with Crippen molar-refractivity contribution < 1.29 is 8.78 Å². The van der Waals surface area contributed by atoms with E-state index in [0.29, 0.717) is 18.7 Å². The lowest BCUT2D eigenvalue weighted by molar-refractivity contribution is 0.0677. The maximum absolute atomic E-state index is 13.4. The van der Waals surface area contributed by atoms with Crippen molar-refractivity contribution in [3.8, 4) is 5.69 Å². The third kappa shape index (κ3) is 3.80. The van der Waals surface area contributed by atoms with E-state index in [2.05, 4.69) is 34.0 Å². The second kappa shape index (κ2) is 7.43. The lowest BCUT2D eigenvalue weighted by Gasteiger charge is -2.11. The Morgan fingerprint density at radius 2 is 1.92 bits per heavy atom. The van der Waals surface area contributed by atoms with Crippen LogP contribution in [0.5, 0.6) is 0 Å². The molecule has 1 aromatic heterocycles. The van der Waals surface area contributed by atoms with Crippen molar-refractivity contribution in [2.75, 3.05) is 20.6 Å². The van der Waals surface area contributed by atoms with Crippen LogP contribution in [0.2, 0.25) is 0 Å². The smallest absolute Gasteiger partial charge is 0.244 e. The molecule has 2 aromatic rings. The van der Waals surface area contributed by atoms with Crippen molar-refractivity contribution in [1.82, 2.24) is 19.7 Å². The van der Waals surface area contributed by atoms with E-state index in [-0.39, 0.29) is 5.92 Å². The highest BCUT2D eigenvalue weighted by atomic mass is 19.3. The van der Waals surface area contributed by atoms with Crippen LogP contribution in [0.3, 0.4) is 0 Å². The Morgan fingerprint density at radius 3 is 2.46 bits per heavy atom. The van der Waals surface area contributed by atoms with Crippen molar-refractivity contribution in [2.45, 2.75) is 51.9 Å². The number of alkyl halides is 2. The molecule has 0 spiro atoms. The lowest BCUT2D eigenvalue weighted by atomic mass is 10.1. The molecule has 0 aliphatic heterocycles. The Hall–Kier alpha value is -1.82. The second-order valence-corrected chi connectivity index (χ2v) is 7.83. The SMILES string of the molecule is CCCc1ccc(-n2nc(CCN(C)C)nc2C2CC2(C)C(F)F)cc1. The van der Waals surface area contributed by atoms with Gasteiger partial charge in [-0.2, -0.15) is 5.10 Å². The van der Waals surface area contributed by atoms with Gasteiger partial charge in [0, 0.05) is 24.3 Å². The number of aromatic nitrogens is 3. The molecule has 1 heterocycles. The fraction of sp³-hybridized carbons (Fsp3) is 0.600. The molecule has 142 valence electrons. The van der Waals surface area contributed by atoms with Gasteiger partial charge in [-0.25, -0.2) is 18.4 Å². The summed E-state index contributed by atoms with van der Waals surface area (Å²) >= 11 is 0. The summed E-state index contributed by atoms with van der Waals surface area (Å²) in [5.74, 6) is 1.15. The zero-order valence-corrected chi connectivity index (χ0v) is 16.0. The van der Waals surface area contributed by atoms with Crippen molar-refractivity contribution in [2.24, 2.45) is 5.41 Å². The molecule has 0 N–H and O–H groups in total. The molecule has 1 aromatic carbocycles. The first-order valence-electron chi connectivity index (χ1n) is 9.33. The average molecular weight is 362 g/mol. The largest absolute Gasteiger partial charge is 0.309 e. The first kappa shape index (κ1) is 19.0. The van der Waals surface area contributed by atoms with Gasteiger partial charge in [0.25, 0.3) is 0 Å². The number of likely N-dealkylation sites (N-methyl/N-ethyl adjacent to an activating group) is 1. The molecular formula is C20H28F2N4. The predicted molar refractivity (Wildman–Crippen MR) is 99.1 cm³/mol. The van der Waals surface area contributed by atoms with Gasteiger partial charge in [0.15, 0.2) is 5.82 Å². The number of nitrogens with zero attached hydrogens (tertiary/aromatic N) is 4. The van der Waals surface area contributed by atoms with Crippen LogP contribution in [-0.4, -0.2) is 46.7 Å². The van der Waals surface area contributed by atoms with Gasteiger partial charge in [0.05, 0.1) is 5.69 Å². The summed E-state index contributed by atoms with van der Waals surface area (Å²) in [5, 5.41) is 4.65. The standard InChI is InChI=1S/C20H28F2N4/c1-5-6-14-7-9-15(10-8-14)26-18(16-13-20(16,2)19(21)22)23-17(24-26)11-12-25(3)4/h7-10,16,19H,5-6,11-13H2,1-4H3. The van der Waals surface area contributed by atoms with Crippen molar-refractivity contribution >= 4 is 0 Å². The summed E-state index contributed by atoms with van der Waals surface area (Å²) in [7, 11) is 4.00. The van der Waals surface area contributed by atoms with E-state index in [1.807, 2.05) is 26.2 Å². The number of hydrogen-bond donors (Lipinski definition) is 0. The molecule has 3 rings (SSSR count). The Bertz CT molecular complexity index is 739. The minimum atomic E-state index is -2.34. The lowest BCUT2D eigenvalue weighted by Crippen LogP contribution is -2.15. The summed E-state index contributed by atoms with van der Waals surface area (Å²) in [5.41, 5.74) is 1.19. The van der Waals surface area contributed by atoms with Gasteiger partial charge in [0.1, 0.15) is 5.82 Å². The molecule has 0 radical (unpaired) electrons. The van der Waals surface area contributed by atoms with E-state index in [1.54, 1.807) is 11.6 Å². The highest BCUT2D eigenvalue weighted by Gasteiger charge is 2.59. The number of halogens is 2. The normalized spacial score (nSPS) is 22.4. The van der Waals surface area contributed by atoms with Crippen LogP contribution in [0, 0.1) is 5.41 Å². The quantitative estimate of drug-likeness (QED) is 0.709. The molecule has 0 bridgehead atoms. The first-order valence-corrected chi connectivity index (χ1v) is 9.33. The number of rotatable bonds is 8. The molecule has 6 heteroatoms. The maximum Gasteiger partial charge on any atom is 0.244 e. The van der Waals surface area contributed by atoms with Crippen LogP contribution in [-0.2, 0) is 12.8 Å². The molecule has 1 aliphatic carbocycles. The topological polar surface area (TPSA) is 34.0 Å². The van der Waals surface area contributed by atoms with Crippen LogP contribution < -0.4 is 0 Å². The summed E-state index contributed by atoms with van der Waals surface area (Å²) in [6.45, 7) is 4.62. The van der Waals surface area contributed by atoms with E-state index in [9.17, 15) is 8.78 Å². The van der Waals surface area contributed by atoms with E-state index >= 15 is 0 Å². The second-order valence-electron chi connectivity index (χ2n) is 7.83. The maximum atomic E-state index is 13.4. The number of hydrogen-bond acceptors (Lipinski definition) is 3. The van der Waals surface area contributed by atoms with E-state index < -0.39 is 11.8 Å². The number of aryl methyl sites for hydroxylation is 1. The van der Waals surface area contributed by atoms with Gasteiger partial charge >= 0.3 is 0 Å². The van der Waals surface area contributed by atoms with Crippen molar-refractivity contribution in [3.63, 3.8) is 0 Å². The van der Waals surface area contributed by atoms with Crippen LogP contribution in [0.25, 0.3) is 5.69 Å². The zero-order chi connectivity index (χ0) is 18.9. The molecule has 0 saturated heterocycles. The van der Waals surface area contributed by atoms with Gasteiger partial charge in [-0.15, -0.1) is 0 Å². The molecule has 1 aliphatic rings. The highest BCUT2D eigenvalue weighted by Crippen LogP contribution is 2.62. The molecule has 0 amide bonds. The van der Waals surface area contributed by atoms with E-state index in [1.165, 1.54) is 5.56 Å². The summed E-state index contributed by atoms with van der Waals surface area (Å²) in [6.07, 6.45) is 0.959.